The Hall–Kier alpha value is -0.370. The third-order valence-electron chi connectivity index (χ3n) is 2.39. The van der Waals surface area contributed by atoms with Crippen LogP contribution in [0.15, 0.2) is 0 Å². The van der Waals surface area contributed by atoms with Crippen molar-refractivity contribution in [3.63, 3.8) is 0 Å². The maximum Gasteiger partial charge on any atom is 0.106 e. The highest BCUT2D eigenvalue weighted by Crippen LogP contribution is 2.20. The minimum atomic E-state index is 0.593. The van der Waals surface area contributed by atoms with Crippen molar-refractivity contribution in [2.75, 3.05) is 6.61 Å². The molecule has 1 heterocycles. The summed E-state index contributed by atoms with van der Waals surface area (Å²) >= 11 is 0. The Kier molecular flexibility index (Phi) is 7.06. The first-order chi connectivity index (χ1) is 5.83. The van der Waals surface area contributed by atoms with Crippen LogP contribution in [0.4, 0.5) is 0 Å². The van der Waals surface area contributed by atoms with Gasteiger partial charge in [-0.15, -0.1) is 0 Å². The summed E-state index contributed by atoms with van der Waals surface area (Å²) in [6, 6.07) is 0. The minimum Gasteiger partial charge on any atom is -0.378 e. The van der Waals surface area contributed by atoms with Crippen molar-refractivity contribution in [3.05, 3.63) is 0 Å². The number of rotatable bonds is 3. The fourth-order valence-corrected chi connectivity index (χ4v) is 1.45. The van der Waals surface area contributed by atoms with Crippen molar-refractivity contribution in [3.8, 4) is 0 Å². The molecule has 2 atom stereocenters. The second-order valence-electron chi connectivity index (χ2n) is 3.38. The SMILES string of the molecule is C=O.CCC(C)CC1CCCO1. The van der Waals surface area contributed by atoms with Crippen molar-refractivity contribution in [1.29, 1.82) is 0 Å². The minimum absolute atomic E-state index is 0.593. The fraction of sp³-hybridized carbons (Fsp3) is 0.900. The molecular formula is C10H20O2. The van der Waals surface area contributed by atoms with E-state index in [1.165, 1.54) is 25.7 Å². The van der Waals surface area contributed by atoms with E-state index in [0.29, 0.717) is 6.10 Å². The maximum atomic E-state index is 8.00. The molecule has 12 heavy (non-hydrogen) atoms. The molecule has 0 amide bonds. The van der Waals surface area contributed by atoms with Gasteiger partial charge in [0.15, 0.2) is 0 Å². The highest BCUT2D eigenvalue weighted by atomic mass is 16.5. The average molecular weight is 172 g/mol. The van der Waals surface area contributed by atoms with E-state index in [1.807, 2.05) is 6.79 Å². The van der Waals surface area contributed by atoms with Crippen LogP contribution in [0.2, 0.25) is 0 Å². The molecule has 1 saturated heterocycles. The Morgan fingerprint density at radius 3 is 2.67 bits per heavy atom. The van der Waals surface area contributed by atoms with Gasteiger partial charge in [-0.05, 0) is 25.2 Å². The van der Waals surface area contributed by atoms with Crippen molar-refractivity contribution < 1.29 is 9.53 Å². The van der Waals surface area contributed by atoms with Gasteiger partial charge < -0.3 is 9.53 Å². The van der Waals surface area contributed by atoms with Crippen LogP contribution in [0.25, 0.3) is 0 Å². The van der Waals surface area contributed by atoms with Crippen LogP contribution < -0.4 is 0 Å². The molecule has 0 aromatic rings. The summed E-state index contributed by atoms with van der Waals surface area (Å²) in [6.45, 7) is 7.56. The molecule has 0 aromatic carbocycles. The lowest BCUT2D eigenvalue weighted by Crippen LogP contribution is -2.09. The van der Waals surface area contributed by atoms with E-state index < -0.39 is 0 Å². The van der Waals surface area contributed by atoms with Gasteiger partial charge in [-0.2, -0.15) is 0 Å². The van der Waals surface area contributed by atoms with Crippen molar-refractivity contribution >= 4 is 6.79 Å². The number of hydrogen-bond acceptors (Lipinski definition) is 2. The lowest BCUT2D eigenvalue weighted by Gasteiger charge is -2.13. The molecule has 0 radical (unpaired) electrons. The number of carbonyl (C=O) groups excluding carboxylic acids is 1. The molecule has 0 saturated carbocycles. The molecule has 0 bridgehead atoms. The van der Waals surface area contributed by atoms with Gasteiger partial charge in [-0.3, -0.25) is 0 Å². The van der Waals surface area contributed by atoms with E-state index >= 15 is 0 Å². The molecule has 1 rings (SSSR count). The van der Waals surface area contributed by atoms with E-state index in [0.717, 1.165) is 12.5 Å². The molecule has 2 unspecified atom stereocenters. The first kappa shape index (κ1) is 11.6. The van der Waals surface area contributed by atoms with E-state index in [9.17, 15) is 0 Å². The van der Waals surface area contributed by atoms with Crippen molar-refractivity contribution in [1.82, 2.24) is 0 Å². The monoisotopic (exact) mass is 172 g/mol. The Labute approximate surface area is 75.3 Å². The molecule has 1 aliphatic heterocycles. The van der Waals surface area contributed by atoms with Gasteiger partial charge in [0.25, 0.3) is 0 Å². The highest BCUT2D eigenvalue weighted by Gasteiger charge is 2.16. The van der Waals surface area contributed by atoms with Crippen LogP contribution in [0.3, 0.4) is 0 Å². The molecule has 0 aliphatic carbocycles. The van der Waals surface area contributed by atoms with Crippen LogP contribution in [0.1, 0.15) is 39.5 Å². The predicted molar refractivity (Wildman–Crippen MR) is 50.2 cm³/mol. The molecular weight excluding hydrogens is 152 g/mol. The summed E-state index contributed by atoms with van der Waals surface area (Å²) in [5, 5.41) is 0. The zero-order chi connectivity index (χ0) is 9.40. The van der Waals surface area contributed by atoms with E-state index in [2.05, 4.69) is 13.8 Å². The summed E-state index contributed by atoms with van der Waals surface area (Å²) < 4.78 is 5.53. The highest BCUT2D eigenvalue weighted by molar-refractivity contribution is 5.10. The molecule has 72 valence electrons. The van der Waals surface area contributed by atoms with E-state index in [-0.39, 0.29) is 0 Å². The summed E-state index contributed by atoms with van der Waals surface area (Å²) in [5.41, 5.74) is 0. The van der Waals surface area contributed by atoms with Crippen molar-refractivity contribution in [2.24, 2.45) is 5.92 Å². The van der Waals surface area contributed by atoms with Crippen LogP contribution in [0.5, 0.6) is 0 Å². The number of ether oxygens (including phenoxy) is 1. The van der Waals surface area contributed by atoms with E-state index in [4.69, 9.17) is 9.53 Å². The van der Waals surface area contributed by atoms with Gasteiger partial charge in [-0.25, -0.2) is 0 Å². The largest absolute Gasteiger partial charge is 0.378 e. The molecule has 2 nitrogen and oxygen atoms in total. The predicted octanol–water partition coefficient (Wildman–Crippen LogP) is 2.42. The van der Waals surface area contributed by atoms with Crippen LogP contribution in [-0.2, 0) is 9.53 Å². The third-order valence-corrected chi connectivity index (χ3v) is 2.39. The fourth-order valence-electron chi connectivity index (χ4n) is 1.45. The van der Waals surface area contributed by atoms with Crippen LogP contribution >= 0.6 is 0 Å². The second kappa shape index (κ2) is 7.29. The molecule has 2 heteroatoms. The van der Waals surface area contributed by atoms with Crippen LogP contribution in [-0.4, -0.2) is 19.5 Å². The average Bonchev–Trinajstić information content (AvgIpc) is 2.60. The molecule has 1 aliphatic rings. The third kappa shape index (κ3) is 4.50. The maximum absolute atomic E-state index is 8.00. The Bertz CT molecular complexity index is 98.0. The normalized spacial score (nSPS) is 24.3. The zero-order valence-corrected chi connectivity index (χ0v) is 8.21. The van der Waals surface area contributed by atoms with Gasteiger partial charge in [0.1, 0.15) is 6.79 Å². The Morgan fingerprint density at radius 2 is 2.25 bits per heavy atom. The summed E-state index contributed by atoms with van der Waals surface area (Å²) in [6.07, 6.45) is 5.73. The van der Waals surface area contributed by atoms with Gasteiger partial charge in [0.05, 0.1) is 6.10 Å². The Balaban J connectivity index is 0.000000561. The Morgan fingerprint density at radius 1 is 1.58 bits per heavy atom. The summed E-state index contributed by atoms with van der Waals surface area (Å²) in [4.78, 5) is 8.00. The number of hydrogen-bond donors (Lipinski definition) is 0. The van der Waals surface area contributed by atoms with Crippen LogP contribution in [0, 0.1) is 5.92 Å². The standard InChI is InChI=1S/C9H18O.CH2O/c1-3-8(2)7-9-5-4-6-10-9;1-2/h8-9H,3-7H2,1-2H3;1H2. The van der Waals surface area contributed by atoms with Crippen molar-refractivity contribution in [2.45, 2.75) is 45.6 Å². The molecule has 0 aromatic heterocycles. The van der Waals surface area contributed by atoms with Gasteiger partial charge in [-0.1, -0.05) is 20.3 Å². The molecule has 0 N–H and O–H groups in total. The molecule has 1 fully saturated rings. The van der Waals surface area contributed by atoms with Gasteiger partial charge in [0.2, 0.25) is 0 Å². The smallest absolute Gasteiger partial charge is 0.106 e. The summed E-state index contributed by atoms with van der Waals surface area (Å²) in [5.74, 6) is 0.850. The lowest BCUT2D eigenvalue weighted by atomic mass is 10.00. The lowest BCUT2D eigenvalue weighted by molar-refractivity contribution is -0.0979. The first-order valence-electron chi connectivity index (χ1n) is 4.73. The second-order valence-corrected chi connectivity index (χ2v) is 3.38. The topological polar surface area (TPSA) is 26.3 Å². The summed E-state index contributed by atoms with van der Waals surface area (Å²) in [7, 11) is 0. The van der Waals surface area contributed by atoms with Gasteiger partial charge in [0, 0.05) is 6.61 Å². The van der Waals surface area contributed by atoms with Gasteiger partial charge >= 0.3 is 0 Å². The van der Waals surface area contributed by atoms with E-state index in [1.54, 1.807) is 0 Å². The quantitative estimate of drug-likeness (QED) is 0.653. The zero-order valence-electron chi connectivity index (χ0n) is 8.21. The number of carbonyl (C=O) groups is 1. The molecule has 0 spiro atoms. The first-order valence-corrected chi connectivity index (χ1v) is 4.73.